The number of aliphatic hydroxyl groups is 1. The summed E-state index contributed by atoms with van der Waals surface area (Å²) in [6.07, 6.45) is 5.47. The first-order valence-corrected chi connectivity index (χ1v) is 8.30. The molecule has 0 amide bonds. The van der Waals surface area contributed by atoms with Gasteiger partial charge in [-0.1, -0.05) is 57.4 Å². The largest absolute Gasteiger partial charge is 0.389 e. The van der Waals surface area contributed by atoms with Crippen molar-refractivity contribution in [3.63, 3.8) is 0 Å². The molecule has 0 heterocycles. The summed E-state index contributed by atoms with van der Waals surface area (Å²) in [6.45, 7) is 6.91. The van der Waals surface area contributed by atoms with E-state index >= 15 is 0 Å². The normalized spacial score (nSPS) is 12.5. The van der Waals surface area contributed by atoms with Gasteiger partial charge in [0.15, 0.2) is 0 Å². The number of unbranched alkanes of at least 4 members (excludes halogenated alkanes) is 3. The Hall–Kier alpha value is -0.900. The maximum absolute atomic E-state index is 9.82. The van der Waals surface area contributed by atoms with E-state index in [0.717, 1.165) is 26.0 Å². The van der Waals surface area contributed by atoms with Gasteiger partial charge in [0, 0.05) is 19.7 Å². The fourth-order valence-electron chi connectivity index (χ4n) is 2.19. The fourth-order valence-corrected chi connectivity index (χ4v) is 2.19. The summed E-state index contributed by atoms with van der Waals surface area (Å²) < 4.78 is 5.49. The van der Waals surface area contributed by atoms with Crippen molar-refractivity contribution < 1.29 is 9.84 Å². The third kappa shape index (κ3) is 8.86. The molecule has 0 aliphatic heterocycles. The van der Waals surface area contributed by atoms with Gasteiger partial charge in [0.2, 0.25) is 0 Å². The van der Waals surface area contributed by atoms with E-state index in [1.165, 1.54) is 30.4 Å². The van der Waals surface area contributed by atoms with E-state index in [9.17, 15) is 5.11 Å². The predicted molar refractivity (Wildman–Crippen MR) is 88.5 cm³/mol. The second kappa shape index (κ2) is 11.7. The van der Waals surface area contributed by atoms with Crippen LogP contribution in [-0.2, 0) is 17.7 Å². The quantitative estimate of drug-likeness (QED) is 0.581. The summed E-state index contributed by atoms with van der Waals surface area (Å²) in [6, 6.07) is 8.60. The molecule has 2 N–H and O–H groups in total. The lowest BCUT2D eigenvalue weighted by molar-refractivity contribution is 0.0353. The molecule has 0 saturated heterocycles. The average molecular weight is 293 g/mol. The minimum atomic E-state index is -0.425. The first-order valence-electron chi connectivity index (χ1n) is 8.30. The van der Waals surface area contributed by atoms with Gasteiger partial charge in [-0.05, 0) is 24.0 Å². The van der Waals surface area contributed by atoms with Gasteiger partial charge in [0.1, 0.15) is 0 Å². The summed E-state index contributed by atoms with van der Waals surface area (Å²) >= 11 is 0. The van der Waals surface area contributed by atoms with Crippen molar-refractivity contribution in [2.75, 3.05) is 19.8 Å². The topological polar surface area (TPSA) is 41.5 Å². The fraction of sp³-hybridized carbons (Fsp3) is 0.667. The molecular formula is C18H31NO2. The molecule has 0 saturated carbocycles. The third-order valence-electron chi connectivity index (χ3n) is 3.59. The lowest BCUT2D eigenvalue weighted by atomic mass is 10.1. The number of aryl methyl sites for hydroxylation is 1. The van der Waals surface area contributed by atoms with E-state index in [-0.39, 0.29) is 0 Å². The number of aliphatic hydroxyl groups excluding tert-OH is 1. The van der Waals surface area contributed by atoms with E-state index in [2.05, 4.69) is 43.4 Å². The number of benzene rings is 1. The molecule has 0 spiro atoms. The van der Waals surface area contributed by atoms with Crippen molar-refractivity contribution in [1.82, 2.24) is 5.32 Å². The van der Waals surface area contributed by atoms with Crippen LogP contribution in [0.1, 0.15) is 50.7 Å². The summed E-state index contributed by atoms with van der Waals surface area (Å²) in [5.41, 5.74) is 2.61. The molecule has 0 aliphatic rings. The van der Waals surface area contributed by atoms with Crippen LogP contribution in [0.5, 0.6) is 0 Å². The maximum Gasteiger partial charge on any atom is 0.0897 e. The van der Waals surface area contributed by atoms with E-state index in [0.29, 0.717) is 13.2 Å². The number of hydrogen-bond acceptors (Lipinski definition) is 3. The zero-order valence-electron chi connectivity index (χ0n) is 13.6. The molecular weight excluding hydrogens is 262 g/mol. The van der Waals surface area contributed by atoms with Crippen LogP contribution < -0.4 is 5.32 Å². The van der Waals surface area contributed by atoms with Gasteiger partial charge in [-0.3, -0.25) is 0 Å². The van der Waals surface area contributed by atoms with Crippen LogP contribution in [0.3, 0.4) is 0 Å². The van der Waals surface area contributed by atoms with Gasteiger partial charge < -0.3 is 15.2 Å². The molecule has 0 fully saturated rings. The molecule has 1 aromatic carbocycles. The Balaban J connectivity index is 2.03. The van der Waals surface area contributed by atoms with Gasteiger partial charge in [-0.25, -0.2) is 0 Å². The van der Waals surface area contributed by atoms with Gasteiger partial charge in [-0.2, -0.15) is 0 Å². The van der Waals surface area contributed by atoms with Crippen molar-refractivity contribution in [3.05, 3.63) is 35.4 Å². The van der Waals surface area contributed by atoms with Crippen LogP contribution in [0.4, 0.5) is 0 Å². The highest BCUT2D eigenvalue weighted by molar-refractivity contribution is 5.22. The molecule has 1 rings (SSSR count). The van der Waals surface area contributed by atoms with Gasteiger partial charge in [0.05, 0.1) is 12.7 Å². The molecule has 0 aromatic heterocycles. The zero-order valence-corrected chi connectivity index (χ0v) is 13.6. The molecule has 120 valence electrons. The number of rotatable bonds is 12. The van der Waals surface area contributed by atoms with E-state index in [4.69, 9.17) is 4.74 Å². The lowest BCUT2D eigenvalue weighted by Crippen LogP contribution is -2.30. The second-order valence-electron chi connectivity index (χ2n) is 5.59. The Morgan fingerprint density at radius 2 is 1.76 bits per heavy atom. The molecule has 3 heteroatoms. The Kier molecular flexibility index (Phi) is 10.1. The monoisotopic (exact) mass is 293 g/mol. The van der Waals surface area contributed by atoms with E-state index in [1.807, 2.05) is 0 Å². The van der Waals surface area contributed by atoms with Crippen LogP contribution in [0.25, 0.3) is 0 Å². The summed E-state index contributed by atoms with van der Waals surface area (Å²) in [4.78, 5) is 0. The maximum atomic E-state index is 9.82. The molecule has 0 aliphatic carbocycles. The lowest BCUT2D eigenvalue weighted by Gasteiger charge is -2.12. The Morgan fingerprint density at radius 1 is 1.05 bits per heavy atom. The molecule has 3 nitrogen and oxygen atoms in total. The van der Waals surface area contributed by atoms with Crippen molar-refractivity contribution in [1.29, 1.82) is 0 Å². The SMILES string of the molecule is CCCCCCOCC(O)CNCc1ccc(CC)cc1. The summed E-state index contributed by atoms with van der Waals surface area (Å²) in [7, 11) is 0. The standard InChI is InChI=1S/C18H31NO2/c1-3-5-6-7-12-21-15-18(20)14-19-13-17-10-8-16(4-2)9-11-17/h8-11,18-20H,3-7,12-15H2,1-2H3. The number of nitrogens with one attached hydrogen (secondary N) is 1. The van der Waals surface area contributed by atoms with Crippen LogP contribution in [-0.4, -0.2) is 31.0 Å². The van der Waals surface area contributed by atoms with Gasteiger partial charge in [0.25, 0.3) is 0 Å². The second-order valence-corrected chi connectivity index (χ2v) is 5.59. The molecule has 0 bridgehead atoms. The van der Waals surface area contributed by atoms with Crippen LogP contribution in [0, 0.1) is 0 Å². The smallest absolute Gasteiger partial charge is 0.0897 e. The highest BCUT2D eigenvalue weighted by Crippen LogP contribution is 2.04. The molecule has 1 atom stereocenters. The average Bonchev–Trinajstić information content (AvgIpc) is 2.51. The molecule has 0 radical (unpaired) electrons. The van der Waals surface area contributed by atoms with Crippen molar-refractivity contribution in [2.24, 2.45) is 0 Å². The number of ether oxygens (including phenoxy) is 1. The highest BCUT2D eigenvalue weighted by Gasteiger charge is 2.03. The third-order valence-corrected chi connectivity index (χ3v) is 3.59. The molecule has 1 aromatic rings. The molecule has 21 heavy (non-hydrogen) atoms. The molecule has 1 unspecified atom stereocenters. The highest BCUT2D eigenvalue weighted by atomic mass is 16.5. The summed E-state index contributed by atoms with van der Waals surface area (Å²) in [5, 5.41) is 13.1. The minimum absolute atomic E-state index is 0.425. The summed E-state index contributed by atoms with van der Waals surface area (Å²) in [5.74, 6) is 0. The Morgan fingerprint density at radius 3 is 2.43 bits per heavy atom. The van der Waals surface area contributed by atoms with Crippen molar-refractivity contribution in [2.45, 2.75) is 58.6 Å². The van der Waals surface area contributed by atoms with E-state index in [1.54, 1.807) is 0 Å². The zero-order chi connectivity index (χ0) is 15.3. The minimum Gasteiger partial charge on any atom is -0.389 e. The van der Waals surface area contributed by atoms with Crippen molar-refractivity contribution >= 4 is 0 Å². The van der Waals surface area contributed by atoms with Gasteiger partial charge >= 0.3 is 0 Å². The van der Waals surface area contributed by atoms with Gasteiger partial charge in [-0.15, -0.1) is 0 Å². The van der Waals surface area contributed by atoms with Crippen LogP contribution in [0.2, 0.25) is 0 Å². The van der Waals surface area contributed by atoms with Crippen molar-refractivity contribution in [3.8, 4) is 0 Å². The van der Waals surface area contributed by atoms with Crippen LogP contribution in [0.15, 0.2) is 24.3 Å². The Labute approximate surface area is 129 Å². The van der Waals surface area contributed by atoms with Crippen LogP contribution >= 0.6 is 0 Å². The Bertz CT molecular complexity index is 351. The first kappa shape index (κ1) is 18.1. The van der Waals surface area contributed by atoms with E-state index < -0.39 is 6.10 Å². The first-order chi connectivity index (χ1) is 10.3. The number of hydrogen-bond donors (Lipinski definition) is 2. The predicted octanol–water partition coefficient (Wildman–Crippen LogP) is 3.30.